The molecule has 0 amide bonds. The Kier molecular flexibility index (Phi) is 5.72. The van der Waals surface area contributed by atoms with Gasteiger partial charge in [0.2, 0.25) is 5.88 Å². The second kappa shape index (κ2) is 8.18. The summed E-state index contributed by atoms with van der Waals surface area (Å²) in [6, 6.07) is 15.0. The van der Waals surface area contributed by atoms with Crippen LogP contribution >= 0.6 is 0 Å². The van der Waals surface area contributed by atoms with Gasteiger partial charge in [0.25, 0.3) is 0 Å². The number of hydrogen-bond donors (Lipinski definition) is 0. The third-order valence-electron chi connectivity index (χ3n) is 4.24. The standard InChI is InChI=1S/C22H24N2O3/c1-15-13-19(26-12-11-24(3)4)7-9-21(15)27-22-10-6-18-14-17(16(2)25)5-8-20(18)23-22/h5-10,13-14H,11-12H2,1-4H3. The molecule has 0 bridgehead atoms. The van der Waals surface area contributed by atoms with Crippen LogP contribution in [-0.4, -0.2) is 42.9 Å². The van der Waals surface area contributed by atoms with E-state index in [0.717, 1.165) is 34.5 Å². The molecule has 1 heterocycles. The molecule has 5 heteroatoms. The number of benzene rings is 2. The Morgan fingerprint density at radius 1 is 1.07 bits per heavy atom. The SMILES string of the molecule is CC(=O)c1ccc2nc(Oc3ccc(OCCN(C)C)cc3C)ccc2c1. The van der Waals surface area contributed by atoms with Crippen molar-refractivity contribution < 1.29 is 14.3 Å². The maximum absolute atomic E-state index is 11.5. The minimum atomic E-state index is 0.0424. The molecule has 0 radical (unpaired) electrons. The average molecular weight is 364 g/mol. The van der Waals surface area contributed by atoms with Crippen molar-refractivity contribution in [2.75, 3.05) is 27.2 Å². The summed E-state index contributed by atoms with van der Waals surface area (Å²) in [4.78, 5) is 18.1. The Morgan fingerprint density at radius 2 is 1.89 bits per heavy atom. The Bertz CT molecular complexity index is 967. The minimum Gasteiger partial charge on any atom is -0.492 e. The average Bonchev–Trinajstić information content (AvgIpc) is 2.63. The molecule has 1 aromatic heterocycles. The maximum Gasteiger partial charge on any atom is 0.219 e. The fourth-order valence-electron chi connectivity index (χ4n) is 2.67. The zero-order valence-corrected chi connectivity index (χ0v) is 16.2. The molecule has 0 unspecified atom stereocenters. The zero-order chi connectivity index (χ0) is 19.4. The summed E-state index contributed by atoms with van der Waals surface area (Å²) < 4.78 is 11.7. The quantitative estimate of drug-likeness (QED) is 0.579. The first-order valence-electron chi connectivity index (χ1n) is 8.90. The number of pyridine rings is 1. The monoisotopic (exact) mass is 364 g/mol. The molecule has 0 atom stereocenters. The number of carbonyl (C=O) groups excluding carboxylic acids is 1. The van der Waals surface area contributed by atoms with Gasteiger partial charge < -0.3 is 14.4 Å². The molecule has 0 saturated carbocycles. The van der Waals surface area contributed by atoms with Crippen molar-refractivity contribution in [3.63, 3.8) is 0 Å². The van der Waals surface area contributed by atoms with E-state index in [2.05, 4.69) is 9.88 Å². The fourth-order valence-corrected chi connectivity index (χ4v) is 2.67. The minimum absolute atomic E-state index is 0.0424. The van der Waals surface area contributed by atoms with E-state index in [1.807, 2.05) is 63.5 Å². The lowest BCUT2D eigenvalue weighted by molar-refractivity contribution is 0.101. The van der Waals surface area contributed by atoms with E-state index in [9.17, 15) is 4.79 Å². The third-order valence-corrected chi connectivity index (χ3v) is 4.24. The van der Waals surface area contributed by atoms with Crippen molar-refractivity contribution in [3.05, 3.63) is 59.7 Å². The fraction of sp³-hybridized carbons (Fsp3) is 0.273. The summed E-state index contributed by atoms with van der Waals surface area (Å²) in [7, 11) is 4.03. The van der Waals surface area contributed by atoms with Crippen molar-refractivity contribution in [1.29, 1.82) is 0 Å². The molecular weight excluding hydrogens is 340 g/mol. The van der Waals surface area contributed by atoms with Gasteiger partial charge in [-0.15, -0.1) is 0 Å². The van der Waals surface area contributed by atoms with Crippen LogP contribution in [0.3, 0.4) is 0 Å². The summed E-state index contributed by atoms with van der Waals surface area (Å²) in [6.07, 6.45) is 0. The highest BCUT2D eigenvalue weighted by molar-refractivity contribution is 5.97. The molecule has 0 saturated heterocycles. The molecule has 3 aromatic rings. The van der Waals surface area contributed by atoms with Crippen LogP contribution in [0.25, 0.3) is 10.9 Å². The van der Waals surface area contributed by atoms with Crippen LogP contribution in [0, 0.1) is 6.92 Å². The van der Waals surface area contributed by atoms with Crippen LogP contribution in [0.4, 0.5) is 0 Å². The summed E-state index contributed by atoms with van der Waals surface area (Å²) in [5.74, 6) is 2.12. The zero-order valence-electron chi connectivity index (χ0n) is 16.2. The Labute approximate surface area is 159 Å². The lowest BCUT2D eigenvalue weighted by atomic mass is 10.1. The second-order valence-electron chi connectivity index (χ2n) is 6.79. The number of carbonyl (C=O) groups is 1. The smallest absolute Gasteiger partial charge is 0.219 e. The lowest BCUT2D eigenvalue weighted by Crippen LogP contribution is -2.19. The van der Waals surface area contributed by atoms with Crippen molar-refractivity contribution in [2.45, 2.75) is 13.8 Å². The van der Waals surface area contributed by atoms with Gasteiger partial charge in [0.15, 0.2) is 5.78 Å². The van der Waals surface area contributed by atoms with E-state index in [1.54, 1.807) is 13.0 Å². The van der Waals surface area contributed by atoms with E-state index < -0.39 is 0 Å². The van der Waals surface area contributed by atoms with Crippen LogP contribution in [0.1, 0.15) is 22.8 Å². The first-order chi connectivity index (χ1) is 12.9. The van der Waals surface area contributed by atoms with Gasteiger partial charge in [-0.1, -0.05) is 0 Å². The van der Waals surface area contributed by atoms with Crippen LogP contribution in [0.2, 0.25) is 0 Å². The number of ketones is 1. The van der Waals surface area contributed by atoms with Crippen molar-refractivity contribution in [2.24, 2.45) is 0 Å². The number of Topliss-reactive ketones (excluding diaryl/α,β-unsaturated/α-hetero) is 1. The number of rotatable bonds is 7. The number of ether oxygens (including phenoxy) is 2. The Hall–Kier alpha value is -2.92. The molecule has 0 aliphatic rings. The molecule has 0 fully saturated rings. The van der Waals surface area contributed by atoms with E-state index in [1.165, 1.54) is 0 Å². The number of aromatic nitrogens is 1. The number of fused-ring (bicyclic) bond motifs is 1. The summed E-state index contributed by atoms with van der Waals surface area (Å²) in [5.41, 5.74) is 2.45. The molecule has 0 N–H and O–H groups in total. The topological polar surface area (TPSA) is 51.7 Å². The normalized spacial score (nSPS) is 11.0. The van der Waals surface area contributed by atoms with Gasteiger partial charge in [-0.05, 0) is 76.0 Å². The molecule has 140 valence electrons. The third kappa shape index (κ3) is 4.83. The molecule has 0 aliphatic carbocycles. The van der Waals surface area contributed by atoms with Crippen molar-refractivity contribution >= 4 is 16.7 Å². The summed E-state index contributed by atoms with van der Waals surface area (Å²) >= 11 is 0. The Balaban J connectivity index is 1.74. The summed E-state index contributed by atoms with van der Waals surface area (Å²) in [6.45, 7) is 5.04. The highest BCUT2D eigenvalue weighted by atomic mass is 16.5. The molecule has 0 aliphatic heterocycles. The maximum atomic E-state index is 11.5. The first-order valence-corrected chi connectivity index (χ1v) is 8.90. The molecule has 3 rings (SSSR count). The molecule has 2 aromatic carbocycles. The highest BCUT2D eigenvalue weighted by Gasteiger charge is 2.07. The van der Waals surface area contributed by atoms with Gasteiger partial charge >= 0.3 is 0 Å². The number of likely N-dealkylation sites (N-methyl/N-ethyl adjacent to an activating group) is 1. The van der Waals surface area contributed by atoms with Crippen molar-refractivity contribution in [3.8, 4) is 17.4 Å². The summed E-state index contributed by atoms with van der Waals surface area (Å²) in [5, 5.41) is 0.913. The predicted octanol–water partition coefficient (Wildman–Crippen LogP) is 4.48. The van der Waals surface area contributed by atoms with Crippen LogP contribution < -0.4 is 9.47 Å². The first kappa shape index (κ1) is 18.9. The predicted molar refractivity (Wildman–Crippen MR) is 107 cm³/mol. The van der Waals surface area contributed by atoms with Gasteiger partial charge in [0.1, 0.15) is 18.1 Å². The second-order valence-corrected chi connectivity index (χ2v) is 6.79. The van der Waals surface area contributed by atoms with Crippen LogP contribution in [-0.2, 0) is 0 Å². The van der Waals surface area contributed by atoms with E-state index in [-0.39, 0.29) is 5.78 Å². The molecule has 0 spiro atoms. The van der Waals surface area contributed by atoms with Crippen molar-refractivity contribution in [1.82, 2.24) is 9.88 Å². The van der Waals surface area contributed by atoms with E-state index >= 15 is 0 Å². The van der Waals surface area contributed by atoms with Gasteiger partial charge in [-0.25, -0.2) is 4.98 Å². The molecule has 27 heavy (non-hydrogen) atoms. The molecule has 5 nitrogen and oxygen atoms in total. The number of nitrogens with zero attached hydrogens (tertiary/aromatic N) is 2. The van der Waals surface area contributed by atoms with Gasteiger partial charge in [0, 0.05) is 23.6 Å². The Morgan fingerprint density at radius 3 is 2.59 bits per heavy atom. The van der Waals surface area contributed by atoms with E-state index in [0.29, 0.717) is 18.1 Å². The van der Waals surface area contributed by atoms with Crippen LogP contribution in [0.5, 0.6) is 17.4 Å². The largest absolute Gasteiger partial charge is 0.492 e. The number of hydrogen-bond acceptors (Lipinski definition) is 5. The van der Waals surface area contributed by atoms with Crippen LogP contribution in [0.15, 0.2) is 48.5 Å². The lowest BCUT2D eigenvalue weighted by Gasteiger charge is -2.13. The van der Waals surface area contributed by atoms with Gasteiger partial charge in [0.05, 0.1) is 5.52 Å². The van der Waals surface area contributed by atoms with E-state index in [4.69, 9.17) is 9.47 Å². The molecular formula is C22H24N2O3. The van der Waals surface area contributed by atoms with Gasteiger partial charge in [-0.2, -0.15) is 0 Å². The highest BCUT2D eigenvalue weighted by Crippen LogP contribution is 2.28. The van der Waals surface area contributed by atoms with Gasteiger partial charge in [-0.3, -0.25) is 4.79 Å². The number of aryl methyl sites for hydroxylation is 1.